The van der Waals surface area contributed by atoms with Gasteiger partial charge in [0.25, 0.3) is 0 Å². The van der Waals surface area contributed by atoms with Crippen molar-refractivity contribution in [2.24, 2.45) is 0 Å². The van der Waals surface area contributed by atoms with Crippen LogP contribution in [0.3, 0.4) is 0 Å². The van der Waals surface area contributed by atoms with Crippen molar-refractivity contribution in [1.29, 1.82) is 0 Å². The molecule has 0 saturated carbocycles. The lowest BCUT2D eigenvalue weighted by atomic mass is 10.1. The number of nitro groups is 1. The molecule has 2 aromatic rings. The minimum Gasteiger partial charge on any atom is -0.334 e. The summed E-state index contributed by atoms with van der Waals surface area (Å²) in [5.74, 6) is 0.833. The molecule has 110 valence electrons. The van der Waals surface area contributed by atoms with Gasteiger partial charge in [-0.1, -0.05) is 12.1 Å². The second-order valence-electron chi connectivity index (χ2n) is 4.80. The molecule has 0 bridgehead atoms. The highest BCUT2D eigenvalue weighted by molar-refractivity contribution is 6.17. The third kappa shape index (κ3) is 3.70. The van der Waals surface area contributed by atoms with Gasteiger partial charge in [0, 0.05) is 22.8 Å². The van der Waals surface area contributed by atoms with E-state index in [0.717, 1.165) is 23.4 Å². The predicted molar refractivity (Wildman–Crippen MR) is 84.5 cm³/mol. The first-order chi connectivity index (χ1) is 10.0. The first kappa shape index (κ1) is 15.3. The number of nitrogens with zero attached hydrogens (tertiary/aromatic N) is 2. The number of pyridine rings is 1. The van der Waals surface area contributed by atoms with E-state index in [-0.39, 0.29) is 11.5 Å². The van der Waals surface area contributed by atoms with Crippen LogP contribution in [0.15, 0.2) is 30.3 Å². The topological polar surface area (TPSA) is 68.1 Å². The molecule has 21 heavy (non-hydrogen) atoms. The van der Waals surface area contributed by atoms with Gasteiger partial charge in [0.2, 0.25) is 5.82 Å². The lowest BCUT2D eigenvalue weighted by molar-refractivity contribution is -0.384. The molecular formula is C15H16ClN3O2. The maximum atomic E-state index is 11.2. The minimum atomic E-state index is -0.411. The van der Waals surface area contributed by atoms with E-state index in [1.165, 1.54) is 0 Å². The van der Waals surface area contributed by atoms with Crippen molar-refractivity contribution < 1.29 is 4.92 Å². The maximum Gasteiger partial charge on any atom is 0.314 e. The number of halogens is 1. The van der Waals surface area contributed by atoms with Gasteiger partial charge in [-0.15, -0.1) is 11.6 Å². The summed E-state index contributed by atoms with van der Waals surface area (Å²) in [6, 6.07) is 9.32. The smallest absolute Gasteiger partial charge is 0.314 e. The first-order valence-electron chi connectivity index (χ1n) is 6.56. The van der Waals surface area contributed by atoms with E-state index in [1.807, 2.05) is 31.2 Å². The van der Waals surface area contributed by atoms with E-state index in [4.69, 9.17) is 11.6 Å². The highest BCUT2D eigenvalue weighted by atomic mass is 35.5. The molecular weight excluding hydrogens is 290 g/mol. The Kier molecular flexibility index (Phi) is 4.75. The zero-order chi connectivity index (χ0) is 15.4. The zero-order valence-electron chi connectivity index (χ0n) is 11.9. The normalized spacial score (nSPS) is 10.4. The van der Waals surface area contributed by atoms with Crippen molar-refractivity contribution in [2.75, 3.05) is 11.2 Å². The van der Waals surface area contributed by atoms with Gasteiger partial charge in [-0.2, -0.15) is 0 Å². The number of nitrogens with one attached hydrogen (secondary N) is 1. The quantitative estimate of drug-likeness (QED) is 0.512. The zero-order valence-corrected chi connectivity index (χ0v) is 12.6. The van der Waals surface area contributed by atoms with Crippen LogP contribution < -0.4 is 5.32 Å². The highest BCUT2D eigenvalue weighted by Crippen LogP contribution is 2.29. The molecule has 0 fully saturated rings. The lowest BCUT2D eigenvalue weighted by Gasteiger charge is -2.09. The average molecular weight is 306 g/mol. The van der Waals surface area contributed by atoms with Gasteiger partial charge >= 0.3 is 5.69 Å². The van der Waals surface area contributed by atoms with Crippen LogP contribution >= 0.6 is 11.6 Å². The van der Waals surface area contributed by atoms with Crippen LogP contribution in [0.2, 0.25) is 0 Å². The summed E-state index contributed by atoms with van der Waals surface area (Å²) in [5, 5.41) is 14.2. The molecule has 5 nitrogen and oxygen atoms in total. The number of hydrogen-bond donors (Lipinski definition) is 1. The van der Waals surface area contributed by atoms with Gasteiger partial charge in [-0.25, -0.2) is 4.98 Å². The van der Waals surface area contributed by atoms with Crippen molar-refractivity contribution >= 4 is 28.8 Å². The molecule has 0 aliphatic rings. The van der Waals surface area contributed by atoms with E-state index in [2.05, 4.69) is 10.3 Å². The van der Waals surface area contributed by atoms with Crippen molar-refractivity contribution in [1.82, 2.24) is 4.98 Å². The monoisotopic (exact) mass is 305 g/mol. The average Bonchev–Trinajstić information content (AvgIpc) is 2.40. The fraction of sp³-hybridized carbons (Fsp3) is 0.267. The third-order valence-corrected chi connectivity index (χ3v) is 3.28. The Labute approximate surface area is 128 Å². The Morgan fingerprint density at radius 3 is 2.52 bits per heavy atom. The van der Waals surface area contributed by atoms with Gasteiger partial charge in [0.1, 0.15) is 0 Å². The van der Waals surface area contributed by atoms with E-state index in [0.29, 0.717) is 11.4 Å². The second-order valence-corrected chi connectivity index (χ2v) is 5.17. The van der Waals surface area contributed by atoms with Crippen LogP contribution in [-0.4, -0.2) is 15.8 Å². The van der Waals surface area contributed by atoms with E-state index >= 15 is 0 Å². The Morgan fingerprint density at radius 1 is 1.29 bits per heavy atom. The lowest BCUT2D eigenvalue weighted by Crippen LogP contribution is -2.03. The van der Waals surface area contributed by atoms with Crippen molar-refractivity contribution in [3.63, 3.8) is 0 Å². The summed E-state index contributed by atoms with van der Waals surface area (Å²) in [6.45, 7) is 3.52. The molecule has 6 heteroatoms. The van der Waals surface area contributed by atoms with Crippen molar-refractivity contribution in [3.05, 3.63) is 57.3 Å². The predicted octanol–water partition coefficient (Wildman–Crippen LogP) is 4.13. The fourth-order valence-corrected chi connectivity index (χ4v) is 2.37. The van der Waals surface area contributed by atoms with Crippen LogP contribution in [-0.2, 0) is 6.42 Å². The number of hydrogen-bond acceptors (Lipinski definition) is 4. The summed E-state index contributed by atoms with van der Waals surface area (Å²) in [6.07, 6.45) is 0.795. The van der Waals surface area contributed by atoms with E-state index < -0.39 is 4.92 Å². The Hall–Kier alpha value is -2.14. The molecule has 0 spiro atoms. The summed E-state index contributed by atoms with van der Waals surface area (Å²) >= 11 is 5.70. The van der Waals surface area contributed by atoms with Crippen LogP contribution in [0.25, 0.3) is 0 Å². The Bertz CT molecular complexity index is 657. The van der Waals surface area contributed by atoms with Crippen LogP contribution in [0.4, 0.5) is 17.2 Å². The molecule has 0 unspecified atom stereocenters. The summed E-state index contributed by atoms with van der Waals surface area (Å²) in [7, 11) is 0. The number of benzene rings is 1. The molecule has 1 N–H and O–H groups in total. The standard InChI is InChI=1S/C15H16ClN3O2/c1-10-9-11(2)17-15(14(10)19(20)21)18-13-5-3-12(4-6-13)7-8-16/h3-6,9H,7-8H2,1-2H3,(H,17,18). The summed E-state index contributed by atoms with van der Waals surface area (Å²) < 4.78 is 0. The third-order valence-electron chi connectivity index (χ3n) is 3.09. The van der Waals surface area contributed by atoms with Gasteiger partial charge in [0.05, 0.1) is 4.92 Å². The minimum absolute atomic E-state index is 0.00503. The van der Waals surface area contributed by atoms with Crippen LogP contribution in [0.1, 0.15) is 16.8 Å². The van der Waals surface area contributed by atoms with E-state index in [1.54, 1.807) is 13.0 Å². The molecule has 0 radical (unpaired) electrons. The largest absolute Gasteiger partial charge is 0.334 e. The SMILES string of the molecule is Cc1cc(C)c([N+](=O)[O-])c(Nc2ccc(CCCl)cc2)n1. The number of aromatic nitrogens is 1. The Balaban J connectivity index is 2.32. The first-order valence-corrected chi connectivity index (χ1v) is 7.09. The summed E-state index contributed by atoms with van der Waals surface area (Å²) in [4.78, 5) is 15.0. The van der Waals surface area contributed by atoms with Crippen molar-refractivity contribution in [2.45, 2.75) is 20.3 Å². The molecule has 1 heterocycles. The summed E-state index contributed by atoms with van der Waals surface area (Å²) in [5.41, 5.74) is 3.21. The molecule has 0 saturated heterocycles. The van der Waals surface area contributed by atoms with Crippen LogP contribution in [0, 0.1) is 24.0 Å². The molecule has 2 rings (SSSR count). The van der Waals surface area contributed by atoms with Gasteiger partial charge in [0.15, 0.2) is 0 Å². The molecule has 0 aliphatic carbocycles. The van der Waals surface area contributed by atoms with E-state index in [9.17, 15) is 10.1 Å². The second kappa shape index (κ2) is 6.54. The molecule has 0 aliphatic heterocycles. The highest BCUT2D eigenvalue weighted by Gasteiger charge is 2.19. The van der Waals surface area contributed by atoms with Gasteiger partial charge in [-0.05, 0) is 44.0 Å². The number of alkyl halides is 1. The number of aryl methyl sites for hydroxylation is 3. The Morgan fingerprint density at radius 2 is 1.95 bits per heavy atom. The van der Waals surface area contributed by atoms with Gasteiger partial charge < -0.3 is 5.32 Å². The molecule has 0 amide bonds. The van der Waals surface area contributed by atoms with Gasteiger partial charge in [-0.3, -0.25) is 10.1 Å². The fourth-order valence-electron chi connectivity index (χ4n) is 2.15. The maximum absolute atomic E-state index is 11.2. The number of anilines is 2. The van der Waals surface area contributed by atoms with Crippen LogP contribution in [0.5, 0.6) is 0 Å². The molecule has 1 aromatic heterocycles. The number of rotatable bonds is 5. The van der Waals surface area contributed by atoms with Crippen molar-refractivity contribution in [3.8, 4) is 0 Å². The molecule has 0 atom stereocenters. The molecule has 1 aromatic carbocycles.